The summed E-state index contributed by atoms with van der Waals surface area (Å²) >= 11 is 6.31. The van der Waals surface area contributed by atoms with Gasteiger partial charge in [0.2, 0.25) is 11.8 Å². The Hall–Kier alpha value is -3.43. The molecule has 0 aliphatic rings. The number of anilines is 1. The number of sulfonamides is 1. The van der Waals surface area contributed by atoms with E-state index in [9.17, 15) is 22.4 Å². The van der Waals surface area contributed by atoms with E-state index < -0.39 is 34.3 Å². The first-order valence-electron chi connectivity index (χ1n) is 11.3. The third kappa shape index (κ3) is 6.41. The van der Waals surface area contributed by atoms with Crippen molar-refractivity contribution in [3.05, 3.63) is 95.3 Å². The first kappa shape index (κ1) is 27.2. The van der Waals surface area contributed by atoms with Crippen molar-refractivity contribution in [3.8, 4) is 0 Å². The second-order valence-electron chi connectivity index (χ2n) is 7.98. The van der Waals surface area contributed by atoms with Gasteiger partial charge in [0.15, 0.2) is 0 Å². The Labute approximate surface area is 215 Å². The molecule has 3 aromatic carbocycles. The van der Waals surface area contributed by atoms with Crippen LogP contribution in [0.15, 0.2) is 83.8 Å². The molecule has 10 heteroatoms. The van der Waals surface area contributed by atoms with Crippen molar-refractivity contribution < 1.29 is 22.4 Å². The van der Waals surface area contributed by atoms with Crippen LogP contribution in [0.2, 0.25) is 5.02 Å². The van der Waals surface area contributed by atoms with E-state index in [0.717, 1.165) is 28.6 Å². The maximum Gasteiger partial charge on any atom is 0.264 e. The Kier molecular flexibility index (Phi) is 9.06. The molecule has 0 heterocycles. The molecule has 0 saturated heterocycles. The summed E-state index contributed by atoms with van der Waals surface area (Å²) in [4.78, 5) is 27.4. The van der Waals surface area contributed by atoms with E-state index in [-0.39, 0.29) is 23.0 Å². The number of para-hydroxylation sites is 1. The predicted molar refractivity (Wildman–Crippen MR) is 138 cm³/mol. The maximum atomic E-state index is 13.7. The molecule has 1 unspecified atom stereocenters. The number of carbonyl (C=O) groups excluding carboxylic acids is 2. The second-order valence-corrected chi connectivity index (χ2v) is 10.3. The monoisotopic (exact) mass is 531 g/mol. The van der Waals surface area contributed by atoms with Crippen LogP contribution in [-0.4, -0.2) is 44.3 Å². The maximum absolute atomic E-state index is 13.7. The molecule has 36 heavy (non-hydrogen) atoms. The average Bonchev–Trinajstić information content (AvgIpc) is 2.87. The fourth-order valence-electron chi connectivity index (χ4n) is 3.57. The number of hydrogen-bond donors (Lipinski definition) is 1. The van der Waals surface area contributed by atoms with Gasteiger partial charge in [-0.15, -0.1) is 0 Å². The van der Waals surface area contributed by atoms with E-state index in [1.165, 1.54) is 4.90 Å². The van der Waals surface area contributed by atoms with Crippen molar-refractivity contribution in [3.63, 3.8) is 0 Å². The topological polar surface area (TPSA) is 86.8 Å². The van der Waals surface area contributed by atoms with Crippen LogP contribution in [-0.2, 0) is 26.2 Å². The zero-order valence-electron chi connectivity index (χ0n) is 19.9. The van der Waals surface area contributed by atoms with E-state index in [2.05, 4.69) is 5.32 Å². The van der Waals surface area contributed by atoms with E-state index >= 15 is 0 Å². The highest BCUT2D eigenvalue weighted by Crippen LogP contribution is 2.25. The summed E-state index contributed by atoms with van der Waals surface area (Å²) in [7, 11) is -4.24. The minimum Gasteiger partial charge on any atom is -0.355 e. The van der Waals surface area contributed by atoms with E-state index in [1.54, 1.807) is 68.4 Å². The Balaban J connectivity index is 2.01. The lowest BCUT2D eigenvalue weighted by Crippen LogP contribution is -2.51. The summed E-state index contributed by atoms with van der Waals surface area (Å²) in [5, 5.41) is 3.11. The van der Waals surface area contributed by atoms with E-state index in [4.69, 9.17) is 11.6 Å². The third-order valence-corrected chi connectivity index (χ3v) is 7.70. The normalized spacial score (nSPS) is 12.0. The minimum absolute atomic E-state index is 0.00394. The number of halogens is 2. The molecule has 0 aliphatic carbocycles. The molecule has 1 N–H and O–H groups in total. The van der Waals surface area contributed by atoms with Gasteiger partial charge in [-0.3, -0.25) is 13.9 Å². The lowest BCUT2D eigenvalue weighted by atomic mass is 10.1. The van der Waals surface area contributed by atoms with Gasteiger partial charge in [0.05, 0.1) is 10.6 Å². The Morgan fingerprint density at radius 1 is 0.972 bits per heavy atom. The zero-order chi connectivity index (χ0) is 26.3. The van der Waals surface area contributed by atoms with Gasteiger partial charge >= 0.3 is 0 Å². The summed E-state index contributed by atoms with van der Waals surface area (Å²) < 4.78 is 41.5. The van der Waals surface area contributed by atoms with Crippen molar-refractivity contribution in [2.24, 2.45) is 0 Å². The van der Waals surface area contributed by atoms with Gasteiger partial charge in [-0.25, -0.2) is 12.8 Å². The summed E-state index contributed by atoms with van der Waals surface area (Å²) in [6.45, 7) is 3.11. The number of amides is 2. The molecular weight excluding hydrogens is 505 g/mol. The van der Waals surface area contributed by atoms with Crippen LogP contribution in [0.5, 0.6) is 0 Å². The Morgan fingerprint density at radius 2 is 1.58 bits per heavy atom. The van der Waals surface area contributed by atoms with E-state index in [1.807, 2.05) is 0 Å². The lowest BCUT2D eigenvalue weighted by Gasteiger charge is -2.32. The molecule has 0 aliphatic heterocycles. The summed E-state index contributed by atoms with van der Waals surface area (Å²) in [5.41, 5.74) is 0.856. The number of nitrogens with zero attached hydrogens (tertiary/aromatic N) is 2. The summed E-state index contributed by atoms with van der Waals surface area (Å²) in [6.07, 6.45) is 0. The van der Waals surface area contributed by atoms with Gasteiger partial charge in [-0.05, 0) is 61.9 Å². The molecule has 0 saturated carbocycles. The highest BCUT2D eigenvalue weighted by atomic mass is 35.5. The summed E-state index contributed by atoms with van der Waals surface area (Å²) in [5.74, 6) is -1.58. The van der Waals surface area contributed by atoms with Crippen LogP contribution in [0.1, 0.15) is 19.4 Å². The average molecular weight is 532 g/mol. The highest BCUT2D eigenvalue weighted by Gasteiger charge is 2.32. The van der Waals surface area contributed by atoms with Gasteiger partial charge < -0.3 is 10.2 Å². The SMILES string of the molecule is CCNC(=O)C(C)N(Cc1ccccc1Cl)C(=O)CN(c1ccccc1)S(=O)(=O)c1ccc(F)cc1. The van der Waals surface area contributed by atoms with Crippen LogP contribution in [0.4, 0.5) is 10.1 Å². The van der Waals surface area contributed by atoms with Crippen molar-refractivity contribution in [1.82, 2.24) is 10.2 Å². The molecule has 0 fully saturated rings. The molecule has 3 rings (SSSR count). The van der Waals surface area contributed by atoms with Gasteiger partial charge in [-0.2, -0.15) is 0 Å². The van der Waals surface area contributed by atoms with Crippen LogP contribution in [0, 0.1) is 5.82 Å². The highest BCUT2D eigenvalue weighted by molar-refractivity contribution is 7.92. The molecule has 0 radical (unpaired) electrons. The third-order valence-electron chi connectivity index (χ3n) is 5.54. The number of benzene rings is 3. The van der Waals surface area contributed by atoms with Crippen molar-refractivity contribution in [1.29, 1.82) is 0 Å². The molecule has 3 aromatic rings. The molecule has 0 spiro atoms. The second kappa shape index (κ2) is 12.0. The lowest BCUT2D eigenvalue weighted by molar-refractivity contribution is -0.139. The summed E-state index contributed by atoms with van der Waals surface area (Å²) in [6, 6.07) is 18.5. The molecule has 0 bridgehead atoms. The van der Waals surface area contributed by atoms with Crippen LogP contribution in [0.3, 0.4) is 0 Å². The van der Waals surface area contributed by atoms with E-state index in [0.29, 0.717) is 17.1 Å². The number of likely N-dealkylation sites (N-methyl/N-ethyl adjacent to an activating group) is 1. The number of hydrogen-bond acceptors (Lipinski definition) is 4. The van der Waals surface area contributed by atoms with Crippen LogP contribution in [0.25, 0.3) is 0 Å². The smallest absolute Gasteiger partial charge is 0.264 e. The fraction of sp³-hybridized carbons (Fsp3) is 0.231. The van der Waals surface area contributed by atoms with Crippen molar-refractivity contribution in [2.45, 2.75) is 31.3 Å². The predicted octanol–water partition coefficient (Wildman–Crippen LogP) is 4.23. The van der Waals surface area contributed by atoms with Crippen LogP contribution < -0.4 is 9.62 Å². The Morgan fingerprint density at radius 3 is 2.19 bits per heavy atom. The molecule has 0 aromatic heterocycles. The minimum atomic E-state index is -4.24. The molecule has 7 nitrogen and oxygen atoms in total. The molecule has 190 valence electrons. The van der Waals surface area contributed by atoms with Crippen molar-refractivity contribution in [2.75, 3.05) is 17.4 Å². The standard InChI is InChI=1S/C26H27ClFN3O4S/c1-3-29-26(33)19(2)30(17-20-9-7-8-12-24(20)27)25(32)18-31(22-10-5-4-6-11-22)36(34,35)23-15-13-21(28)14-16-23/h4-16,19H,3,17-18H2,1-2H3,(H,29,33). The first-order valence-corrected chi connectivity index (χ1v) is 13.1. The molecule has 2 amide bonds. The van der Waals surface area contributed by atoms with Crippen molar-refractivity contribution >= 4 is 39.1 Å². The fourth-order valence-corrected chi connectivity index (χ4v) is 5.18. The van der Waals surface area contributed by atoms with Gasteiger partial charge in [0, 0.05) is 18.1 Å². The first-order chi connectivity index (χ1) is 17.1. The van der Waals surface area contributed by atoms with Gasteiger partial charge in [-0.1, -0.05) is 48.0 Å². The number of rotatable bonds is 10. The van der Waals surface area contributed by atoms with Crippen LogP contribution >= 0.6 is 11.6 Å². The molecule has 1 atom stereocenters. The zero-order valence-corrected chi connectivity index (χ0v) is 21.5. The molecular formula is C26H27ClFN3O4S. The Bertz CT molecular complexity index is 1300. The number of nitrogens with one attached hydrogen (secondary N) is 1. The quantitative estimate of drug-likeness (QED) is 0.424. The largest absolute Gasteiger partial charge is 0.355 e. The van der Waals surface area contributed by atoms with Gasteiger partial charge in [0.25, 0.3) is 10.0 Å². The number of carbonyl (C=O) groups is 2. The van der Waals surface area contributed by atoms with Gasteiger partial charge in [0.1, 0.15) is 18.4 Å².